The van der Waals surface area contributed by atoms with E-state index < -0.39 is 23.4 Å². The predicted octanol–water partition coefficient (Wildman–Crippen LogP) is 3.69. The van der Waals surface area contributed by atoms with Gasteiger partial charge in [-0.3, -0.25) is 15.0 Å². The highest BCUT2D eigenvalue weighted by atomic mass is 32.1. The van der Waals surface area contributed by atoms with Crippen molar-refractivity contribution in [2.45, 2.75) is 33.3 Å². The standard InChI is InChI=1S/C26H26FN7O4S/c1-12-4-5-13(15-9-16(24(36)31-30-15)32-34-11-17-23(33-34)28-6-7-38-17)20(27)21(12)29-25(37)18-8-14-19(39-18)10-26(2,3)22(14)35/h4-5,8-9,11,22,35H,6-7,10H2,1-3H3,(H,28,33)(H,29,37)(H,30,32)(H,31,36). The summed E-state index contributed by atoms with van der Waals surface area (Å²) in [6.07, 6.45) is 1.60. The van der Waals surface area contributed by atoms with E-state index >= 15 is 4.39 Å². The second-order valence-electron chi connectivity index (χ2n) is 10.3. The minimum absolute atomic E-state index is 0.0115. The van der Waals surface area contributed by atoms with Crippen LogP contribution in [0.2, 0.25) is 0 Å². The number of aromatic amines is 1. The summed E-state index contributed by atoms with van der Waals surface area (Å²) in [5.41, 5.74) is 3.65. The van der Waals surface area contributed by atoms with Gasteiger partial charge in [0.1, 0.15) is 12.3 Å². The third kappa shape index (κ3) is 4.42. The first kappa shape index (κ1) is 25.1. The number of H-pyrrole nitrogens is 1. The normalized spacial score (nSPS) is 17.1. The Morgan fingerprint density at radius 3 is 2.92 bits per heavy atom. The summed E-state index contributed by atoms with van der Waals surface area (Å²) in [7, 11) is 0. The number of nitrogens with zero attached hydrogens (tertiary/aromatic N) is 3. The summed E-state index contributed by atoms with van der Waals surface area (Å²) in [5.74, 6) is -0.0719. The zero-order chi connectivity index (χ0) is 27.5. The van der Waals surface area contributed by atoms with Gasteiger partial charge in [-0.15, -0.1) is 16.4 Å². The lowest BCUT2D eigenvalue weighted by molar-refractivity contribution is 0.0665. The van der Waals surface area contributed by atoms with E-state index in [1.54, 1.807) is 25.3 Å². The Labute approximate surface area is 226 Å². The van der Waals surface area contributed by atoms with Gasteiger partial charge in [0.25, 0.3) is 11.5 Å². The lowest BCUT2D eigenvalue weighted by atomic mass is 9.88. The van der Waals surface area contributed by atoms with Gasteiger partial charge >= 0.3 is 0 Å². The fourth-order valence-corrected chi connectivity index (χ4v) is 6.11. The van der Waals surface area contributed by atoms with E-state index in [-0.39, 0.29) is 28.0 Å². The van der Waals surface area contributed by atoms with Crippen molar-refractivity contribution in [3.05, 3.63) is 67.5 Å². The van der Waals surface area contributed by atoms with E-state index in [0.29, 0.717) is 41.6 Å². The van der Waals surface area contributed by atoms with Crippen molar-refractivity contribution >= 4 is 34.4 Å². The summed E-state index contributed by atoms with van der Waals surface area (Å²) in [6, 6.07) is 6.29. The third-order valence-corrected chi connectivity index (χ3v) is 8.10. The molecule has 4 heterocycles. The van der Waals surface area contributed by atoms with Crippen LogP contribution in [0, 0.1) is 18.2 Å². The second kappa shape index (κ2) is 9.20. The molecule has 0 spiro atoms. The number of amides is 1. The summed E-state index contributed by atoms with van der Waals surface area (Å²) >= 11 is 1.31. The molecule has 0 saturated heterocycles. The van der Waals surface area contributed by atoms with Crippen LogP contribution in [0.3, 0.4) is 0 Å². The highest BCUT2D eigenvalue weighted by Gasteiger charge is 2.40. The molecule has 13 heteroatoms. The van der Waals surface area contributed by atoms with Crippen LogP contribution in [0.25, 0.3) is 11.3 Å². The number of ether oxygens (including phenoxy) is 1. The van der Waals surface area contributed by atoms with Gasteiger partial charge in [0.2, 0.25) is 0 Å². The predicted molar refractivity (Wildman–Crippen MR) is 145 cm³/mol. The summed E-state index contributed by atoms with van der Waals surface area (Å²) in [5, 5.41) is 27.0. The minimum Gasteiger partial charge on any atom is -0.486 e. The molecule has 0 saturated carbocycles. The van der Waals surface area contributed by atoms with E-state index in [1.165, 1.54) is 28.3 Å². The van der Waals surface area contributed by atoms with E-state index in [9.17, 15) is 14.7 Å². The molecule has 3 aromatic heterocycles. The molecule has 1 aliphatic carbocycles. The third-order valence-electron chi connectivity index (χ3n) is 6.95. The Hall–Kier alpha value is -4.23. The molecule has 39 heavy (non-hydrogen) atoms. The quantitative estimate of drug-likeness (QED) is 0.252. The Balaban J connectivity index is 1.27. The minimum atomic E-state index is -0.689. The molecular formula is C26H26FN7O4S. The molecule has 2 aliphatic rings. The van der Waals surface area contributed by atoms with Gasteiger partial charge in [-0.25, -0.2) is 9.49 Å². The van der Waals surface area contributed by atoms with Crippen molar-refractivity contribution in [3.63, 3.8) is 0 Å². The topological polar surface area (TPSA) is 146 Å². The molecular weight excluding hydrogens is 525 g/mol. The molecule has 0 radical (unpaired) electrons. The number of anilines is 3. The first-order chi connectivity index (χ1) is 18.6. The second-order valence-corrected chi connectivity index (χ2v) is 11.4. The maximum Gasteiger partial charge on any atom is 0.289 e. The van der Waals surface area contributed by atoms with Gasteiger partial charge in [-0.05, 0) is 48.1 Å². The number of halogens is 1. The Morgan fingerprint density at radius 2 is 2.15 bits per heavy atom. The van der Waals surface area contributed by atoms with Crippen molar-refractivity contribution < 1.29 is 19.0 Å². The molecule has 4 aromatic rings. The van der Waals surface area contributed by atoms with Gasteiger partial charge < -0.3 is 20.5 Å². The van der Waals surface area contributed by atoms with Crippen LogP contribution in [0.5, 0.6) is 5.75 Å². The maximum absolute atomic E-state index is 15.8. The molecule has 1 atom stereocenters. The van der Waals surface area contributed by atoms with Crippen LogP contribution in [0.4, 0.5) is 21.6 Å². The van der Waals surface area contributed by atoms with Crippen molar-refractivity contribution in [3.8, 4) is 17.0 Å². The zero-order valence-electron chi connectivity index (χ0n) is 21.4. The van der Waals surface area contributed by atoms with Crippen LogP contribution in [-0.2, 0) is 6.42 Å². The number of hydrogen-bond donors (Lipinski definition) is 5. The molecule has 5 N–H and O–H groups in total. The number of hydrogen-bond acceptors (Lipinski definition) is 9. The van der Waals surface area contributed by atoms with Crippen molar-refractivity contribution in [2.24, 2.45) is 5.41 Å². The average molecular weight is 552 g/mol. The number of fused-ring (bicyclic) bond motifs is 2. The molecule has 1 aromatic carbocycles. The first-order valence-electron chi connectivity index (χ1n) is 12.4. The maximum atomic E-state index is 15.8. The number of carbonyl (C=O) groups is 1. The summed E-state index contributed by atoms with van der Waals surface area (Å²) in [4.78, 5) is 28.2. The molecule has 1 unspecified atom stereocenters. The van der Waals surface area contributed by atoms with Crippen LogP contribution in [-0.4, -0.2) is 44.3 Å². The largest absolute Gasteiger partial charge is 0.486 e. The van der Waals surface area contributed by atoms with Crippen LogP contribution < -0.4 is 26.4 Å². The SMILES string of the molecule is Cc1ccc(-c2cc(Nn3cc4c(n3)NCCO4)c(=O)[nH]n2)c(F)c1NC(=O)c1cc2c(s1)CC(C)(C)C2O. The van der Waals surface area contributed by atoms with Crippen LogP contribution in [0.1, 0.15) is 45.6 Å². The van der Waals surface area contributed by atoms with E-state index in [0.717, 1.165) is 10.4 Å². The van der Waals surface area contributed by atoms with Gasteiger partial charge in [-0.2, -0.15) is 9.89 Å². The lowest BCUT2D eigenvalue weighted by Crippen LogP contribution is -2.20. The fourth-order valence-electron chi connectivity index (χ4n) is 4.78. The first-order valence-corrected chi connectivity index (χ1v) is 13.2. The molecule has 11 nitrogen and oxygen atoms in total. The monoisotopic (exact) mass is 551 g/mol. The van der Waals surface area contributed by atoms with Crippen molar-refractivity contribution in [1.82, 2.24) is 20.1 Å². The highest BCUT2D eigenvalue weighted by Crippen LogP contribution is 2.48. The van der Waals surface area contributed by atoms with Gasteiger partial charge in [0.05, 0.1) is 35.1 Å². The number of aliphatic hydroxyl groups excluding tert-OH is 1. The number of aryl methyl sites for hydroxylation is 1. The summed E-state index contributed by atoms with van der Waals surface area (Å²) < 4.78 is 21.3. The molecule has 0 fully saturated rings. The number of thiophene rings is 1. The smallest absolute Gasteiger partial charge is 0.289 e. The fraction of sp³-hybridized carbons (Fsp3) is 0.308. The van der Waals surface area contributed by atoms with Crippen LogP contribution >= 0.6 is 11.3 Å². The molecule has 1 amide bonds. The van der Waals surface area contributed by atoms with E-state index in [2.05, 4.69) is 31.4 Å². The Morgan fingerprint density at radius 1 is 1.33 bits per heavy atom. The number of rotatable bonds is 5. The molecule has 6 rings (SSSR count). The van der Waals surface area contributed by atoms with E-state index in [4.69, 9.17) is 4.74 Å². The average Bonchev–Trinajstić information content (AvgIpc) is 3.55. The number of carbonyl (C=O) groups excluding carboxylic acids is 1. The van der Waals surface area contributed by atoms with Crippen molar-refractivity contribution in [2.75, 3.05) is 29.2 Å². The number of benzene rings is 1. The van der Waals surface area contributed by atoms with Gasteiger partial charge in [0, 0.05) is 10.4 Å². The molecule has 202 valence electrons. The lowest BCUT2D eigenvalue weighted by Gasteiger charge is -2.22. The zero-order valence-corrected chi connectivity index (χ0v) is 22.2. The van der Waals surface area contributed by atoms with Gasteiger partial charge in [0.15, 0.2) is 17.4 Å². The van der Waals surface area contributed by atoms with E-state index in [1.807, 2.05) is 13.8 Å². The van der Waals surface area contributed by atoms with Crippen LogP contribution in [0.15, 0.2) is 35.3 Å². The summed E-state index contributed by atoms with van der Waals surface area (Å²) in [6.45, 7) is 6.76. The Bertz CT molecular complexity index is 1650. The molecule has 1 aliphatic heterocycles. The van der Waals surface area contributed by atoms with Gasteiger partial charge in [-0.1, -0.05) is 19.9 Å². The Kier molecular flexibility index (Phi) is 5.92. The molecule has 0 bridgehead atoms. The number of nitrogens with one attached hydrogen (secondary N) is 4. The number of aliphatic hydroxyl groups is 1. The van der Waals surface area contributed by atoms with Crippen molar-refractivity contribution in [1.29, 1.82) is 0 Å². The highest BCUT2D eigenvalue weighted by molar-refractivity contribution is 7.14. The number of aromatic nitrogens is 4.